The fourth-order valence-corrected chi connectivity index (χ4v) is 2.08. The van der Waals surface area contributed by atoms with Gasteiger partial charge in [0.1, 0.15) is 6.07 Å². The molecule has 0 bridgehead atoms. The fraction of sp³-hybridized carbons (Fsp3) is 0.286. The van der Waals surface area contributed by atoms with Gasteiger partial charge in [-0.25, -0.2) is 0 Å². The molecule has 1 aromatic rings. The Kier molecular flexibility index (Phi) is 4.18. The van der Waals surface area contributed by atoms with Gasteiger partial charge in [0, 0.05) is 18.7 Å². The van der Waals surface area contributed by atoms with Crippen LogP contribution >= 0.6 is 0 Å². The van der Waals surface area contributed by atoms with Crippen LogP contribution in [-0.2, 0) is 4.79 Å². The highest BCUT2D eigenvalue weighted by Crippen LogP contribution is 2.26. The van der Waals surface area contributed by atoms with Crippen LogP contribution in [0.1, 0.15) is 18.4 Å². The third-order valence-corrected chi connectivity index (χ3v) is 3.26. The van der Waals surface area contributed by atoms with Crippen LogP contribution in [0.4, 0.5) is 11.4 Å². The van der Waals surface area contributed by atoms with Gasteiger partial charge in [0.25, 0.3) is 0 Å². The minimum absolute atomic E-state index is 0.106. The zero-order chi connectivity index (χ0) is 15.4. The SMILES string of the molecule is Cc1ccc(N2CCCC2=O)cc1N/N=C(\C#N)C(=N)N. The summed E-state index contributed by atoms with van der Waals surface area (Å²) in [6, 6.07) is 7.30. The second kappa shape index (κ2) is 6.05. The maximum Gasteiger partial charge on any atom is 0.227 e. The van der Waals surface area contributed by atoms with Gasteiger partial charge in [-0.3, -0.25) is 15.6 Å². The molecule has 0 saturated carbocycles. The number of nitrogens with one attached hydrogen (secondary N) is 2. The number of nitrogens with two attached hydrogens (primary N) is 1. The molecular formula is C14H16N6O. The van der Waals surface area contributed by atoms with Crippen LogP contribution in [0.15, 0.2) is 23.3 Å². The van der Waals surface area contributed by atoms with E-state index in [0.717, 1.165) is 17.7 Å². The normalized spacial score (nSPS) is 15.0. The number of benzene rings is 1. The Morgan fingerprint density at radius 1 is 1.57 bits per heavy atom. The fourth-order valence-electron chi connectivity index (χ4n) is 2.08. The van der Waals surface area contributed by atoms with Crippen molar-refractivity contribution in [3.05, 3.63) is 23.8 Å². The lowest BCUT2D eigenvalue weighted by atomic mass is 10.1. The second-order valence-corrected chi connectivity index (χ2v) is 4.75. The first-order valence-corrected chi connectivity index (χ1v) is 6.52. The standard InChI is InChI=1S/C14H16N6O/c1-9-4-5-10(20-6-2-3-13(20)21)7-11(9)18-19-12(8-15)14(16)17/h4-5,7,18H,2-3,6H2,1H3,(H3,16,17)/b19-12+. The Labute approximate surface area is 122 Å². The van der Waals surface area contributed by atoms with E-state index in [-0.39, 0.29) is 11.6 Å². The first-order valence-electron chi connectivity index (χ1n) is 6.52. The number of nitrogens with zero attached hydrogens (tertiary/aromatic N) is 3. The monoisotopic (exact) mass is 284 g/mol. The topological polar surface area (TPSA) is 118 Å². The maximum absolute atomic E-state index is 11.8. The molecule has 0 aliphatic carbocycles. The number of hydrazone groups is 1. The molecule has 1 aliphatic rings. The number of rotatable bonds is 4. The van der Waals surface area contributed by atoms with Crippen LogP contribution in [0.3, 0.4) is 0 Å². The Hall–Kier alpha value is -2.88. The summed E-state index contributed by atoms with van der Waals surface area (Å²) in [5.41, 5.74) is 10.2. The lowest BCUT2D eigenvalue weighted by Gasteiger charge is -2.17. The van der Waals surface area contributed by atoms with Crippen molar-refractivity contribution in [1.29, 1.82) is 10.7 Å². The van der Waals surface area contributed by atoms with Crippen LogP contribution in [-0.4, -0.2) is 24.0 Å². The quantitative estimate of drug-likeness (QED) is 0.439. The number of carbonyl (C=O) groups excluding carboxylic acids is 1. The molecule has 0 radical (unpaired) electrons. The van der Waals surface area contributed by atoms with Gasteiger partial charge in [-0.1, -0.05) is 6.07 Å². The van der Waals surface area contributed by atoms with Crippen LogP contribution in [0.25, 0.3) is 0 Å². The predicted octanol–water partition coefficient (Wildman–Crippen LogP) is 1.35. The highest BCUT2D eigenvalue weighted by molar-refractivity contribution is 6.45. The molecule has 0 aromatic heterocycles. The van der Waals surface area contributed by atoms with E-state index in [2.05, 4.69) is 10.5 Å². The summed E-state index contributed by atoms with van der Waals surface area (Å²) in [4.78, 5) is 13.5. The molecule has 1 fully saturated rings. The molecular weight excluding hydrogens is 268 g/mol. The van der Waals surface area contributed by atoms with E-state index in [0.29, 0.717) is 18.7 Å². The van der Waals surface area contributed by atoms with Crippen molar-refractivity contribution in [3.63, 3.8) is 0 Å². The molecule has 1 heterocycles. The molecule has 4 N–H and O–H groups in total. The number of carbonyl (C=O) groups is 1. The van der Waals surface area contributed by atoms with Crippen molar-refractivity contribution in [2.45, 2.75) is 19.8 Å². The van der Waals surface area contributed by atoms with E-state index in [1.54, 1.807) is 17.0 Å². The van der Waals surface area contributed by atoms with E-state index in [4.69, 9.17) is 16.4 Å². The second-order valence-electron chi connectivity index (χ2n) is 4.75. The summed E-state index contributed by atoms with van der Waals surface area (Å²) in [6.45, 7) is 2.59. The third-order valence-electron chi connectivity index (χ3n) is 3.26. The molecule has 1 aliphatic heterocycles. The Balaban J connectivity index is 2.26. The predicted molar refractivity (Wildman–Crippen MR) is 81.4 cm³/mol. The average Bonchev–Trinajstić information content (AvgIpc) is 2.87. The highest BCUT2D eigenvalue weighted by atomic mass is 16.2. The van der Waals surface area contributed by atoms with E-state index in [1.807, 2.05) is 19.1 Å². The summed E-state index contributed by atoms with van der Waals surface area (Å²) in [6.07, 6.45) is 1.42. The largest absolute Gasteiger partial charge is 0.382 e. The number of aryl methyl sites for hydroxylation is 1. The third kappa shape index (κ3) is 3.17. The molecule has 7 nitrogen and oxygen atoms in total. The van der Waals surface area contributed by atoms with E-state index in [1.165, 1.54) is 0 Å². The summed E-state index contributed by atoms with van der Waals surface area (Å²) >= 11 is 0. The van der Waals surface area contributed by atoms with Crippen molar-refractivity contribution < 1.29 is 4.79 Å². The zero-order valence-corrected chi connectivity index (χ0v) is 11.7. The van der Waals surface area contributed by atoms with Gasteiger partial charge < -0.3 is 10.6 Å². The molecule has 108 valence electrons. The molecule has 0 spiro atoms. The highest BCUT2D eigenvalue weighted by Gasteiger charge is 2.22. The van der Waals surface area contributed by atoms with Gasteiger partial charge in [0.05, 0.1) is 5.69 Å². The van der Waals surface area contributed by atoms with Crippen molar-refractivity contribution >= 4 is 28.8 Å². The molecule has 7 heteroatoms. The zero-order valence-electron chi connectivity index (χ0n) is 11.7. The minimum atomic E-state index is -0.395. The lowest BCUT2D eigenvalue weighted by Crippen LogP contribution is -2.24. The van der Waals surface area contributed by atoms with Gasteiger partial charge in [-0.2, -0.15) is 10.4 Å². The Bertz CT molecular complexity index is 658. The Morgan fingerprint density at radius 2 is 2.33 bits per heavy atom. The number of amidine groups is 1. The Morgan fingerprint density at radius 3 is 2.90 bits per heavy atom. The van der Waals surface area contributed by atoms with Gasteiger partial charge in [0.2, 0.25) is 11.6 Å². The van der Waals surface area contributed by atoms with Gasteiger partial charge in [-0.05, 0) is 31.0 Å². The summed E-state index contributed by atoms with van der Waals surface area (Å²) in [5, 5.41) is 19.8. The van der Waals surface area contributed by atoms with Gasteiger partial charge in [0.15, 0.2) is 5.84 Å². The first kappa shape index (κ1) is 14.5. The number of hydrogen-bond acceptors (Lipinski definition) is 5. The van der Waals surface area contributed by atoms with Crippen LogP contribution in [0.5, 0.6) is 0 Å². The molecule has 2 rings (SSSR count). The minimum Gasteiger partial charge on any atom is -0.382 e. The van der Waals surface area contributed by atoms with Crippen molar-refractivity contribution in [3.8, 4) is 6.07 Å². The molecule has 1 saturated heterocycles. The van der Waals surface area contributed by atoms with E-state index < -0.39 is 5.84 Å². The van der Waals surface area contributed by atoms with E-state index in [9.17, 15) is 4.79 Å². The number of nitriles is 1. The van der Waals surface area contributed by atoms with Crippen molar-refractivity contribution in [2.24, 2.45) is 10.8 Å². The number of anilines is 2. The summed E-state index contributed by atoms with van der Waals surface area (Å²) < 4.78 is 0. The van der Waals surface area contributed by atoms with Gasteiger partial charge in [-0.15, -0.1) is 0 Å². The van der Waals surface area contributed by atoms with Crippen molar-refractivity contribution in [1.82, 2.24) is 0 Å². The average molecular weight is 284 g/mol. The molecule has 0 unspecified atom stereocenters. The smallest absolute Gasteiger partial charge is 0.227 e. The van der Waals surface area contributed by atoms with Crippen LogP contribution < -0.4 is 16.1 Å². The summed E-state index contributed by atoms with van der Waals surface area (Å²) in [5.74, 6) is -0.289. The lowest BCUT2D eigenvalue weighted by molar-refractivity contribution is -0.117. The number of hydrogen-bond donors (Lipinski definition) is 3. The van der Waals surface area contributed by atoms with Crippen LogP contribution in [0.2, 0.25) is 0 Å². The molecule has 1 aromatic carbocycles. The van der Waals surface area contributed by atoms with E-state index >= 15 is 0 Å². The van der Waals surface area contributed by atoms with Crippen molar-refractivity contribution in [2.75, 3.05) is 16.9 Å². The maximum atomic E-state index is 11.8. The molecule has 0 atom stereocenters. The first-order chi connectivity index (χ1) is 10.0. The molecule has 21 heavy (non-hydrogen) atoms. The molecule has 1 amide bonds. The van der Waals surface area contributed by atoms with Gasteiger partial charge >= 0.3 is 0 Å². The number of amides is 1. The van der Waals surface area contributed by atoms with Crippen LogP contribution in [0, 0.1) is 23.7 Å². The summed E-state index contributed by atoms with van der Waals surface area (Å²) in [7, 11) is 0.